The van der Waals surface area contributed by atoms with Crippen molar-refractivity contribution in [2.45, 2.75) is 0 Å². The van der Waals surface area contributed by atoms with Crippen LogP contribution in [0.3, 0.4) is 0 Å². The van der Waals surface area contributed by atoms with Gasteiger partial charge in [-0.25, -0.2) is 4.39 Å². The summed E-state index contributed by atoms with van der Waals surface area (Å²) in [6.07, 6.45) is 0. The number of benzene rings is 2. The lowest BCUT2D eigenvalue weighted by molar-refractivity contribution is 0.0977. The smallest absolute Gasteiger partial charge is 0.258 e. The van der Waals surface area contributed by atoms with Gasteiger partial charge >= 0.3 is 0 Å². The van der Waals surface area contributed by atoms with Gasteiger partial charge in [0.05, 0.1) is 10.6 Å². The second-order valence-corrected chi connectivity index (χ2v) is 5.69. The van der Waals surface area contributed by atoms with Gasteiger partial charge in [0.1, 0.15) is 5.82 Å². The molecule has 3 nitrogen and oxygen atoms in total. The third kappa shape index (κ3) is 4.23. The Balaban J connectivity index is 2.03. The average molecular weight is 388 g/mol. The molecule has 0 atom stereocenters. The molecule has 1 amide bonds. The van der Waals surface area contributed by atoms with E-state index in [1.165, 1.54) is 18.2 Å². The number of thiocarbonyl (C=S) groups is 1. The molecule has 0 unspecified atom stereocenters. The van der Waals surface area contributed by atoms with E-state index in [4.69, 9.17) is 23.8 Å². The molecule has 0 spiro atoms. The predicted octanol–water partition coefficient (Wildman–Crippen LogP) is 4.37. The number of amides is 1. The van der Waals surface area contributed by atoms with Crippen molar-refractivity contribution in [2.24, 2.45) is 0 Å². The molecule has 7 heteroatoms. The van der Waals surface area contributed by atoms with E-state index >= 15 is 0 Å². The molecule has 2 aromatic rings. The highest BCUT2D eigenvalue weighted by atomic mass is 79.9. The monoisotopic (exact) mass is 386 g/mol. The number of nitrogens with one attached hydrogen (secondary N) is 2. The fraction of sp³-hybridized carbons (Fsp3) is 0. The number of carbonyl (C=O) groups is 1. The summed E-state index contributed by atoms with van der Waals surface area (Å²) in [4.78, 5) is 12.0. The molecule has 0 heterocycles. The van der Waals surface area contributed by atoms with Gasteiger partial charge in [-0.3, -0.25) is 10.1 Å². The number of rotatable bonds is 2. The van der Waals surface area contributed by atoms with Crippen LogP contribution in [0.15, 0.2) is 46.9 Å². The van der Waals surface area contributed by atoms with Gasteiger partial charge in [-0.1, -0.05) is 23.7 Å². The fourth-order valence-electron chi connectivity index (χ4n) is 1.55. The van der Waals surface area contributed by atoms with Crippen molar-refractivity contribution in [2.75, 3.05) is 5.32 Å². The zero-order valence-electron chi connectivity index (χ0n) is 10.5. The second kappa shape index (κ2) is 6.98. The van der Waals surface area contributed by atoms with E-state index in [0.29, 0.717) is 15.7 Å². The highest BCUT2D eigenvalue weighted by molar-refractivity contribution is 9.10. The van der Waals surface area contributed by atoms with Gasteiger partial charge in [0.2, 0.25) is 0 Å². The van der Waals surface area contributed by atoms with Crippen LogP contribution in [0.1, 0.15) is 10.4 Å². The van der Waals surface area contributed by atoms with Crippen molar-refractivity contribution in [1.29, 1.82) is 0 Å². The summed E-state index contributed by atoms with van der Waals surface area (Å²) < 4.78 is 13.7. The minimum absolute atomic E-state index is 0.0278. The van der Waals surface area contributed by atoms with Crippen LogP contribution in [0.4, 0.5) is 10.1 Å². The summed E-state index contributed by atoms with van der Waals surface area (Å²) in [6, 6.07) is 11.0. The SMILES string of the molecule is O=C(NC(=S)Nc1ccc(F)c(Cl)c1)c1ccccc1Br. The lowest BCUT2D eigenvalue weighted by Crippen LogP contribution is -2.34. The largest absolute Gasteiger partial charge is 0.332 e. The van der Waals surface area contributed by atoms with E-state index in [-0.39, 0.29) is 16.0 Å². The number of anilines is 1. The maximum absolute atomic E-state index is 13.0. The Hall–Kier alpha value is -1.50. The van der Waals surface area contributed by atoms with Gasteiger partial charge < -0.3 is 5.32 Å². The number of carbonyl (C=O) groups excluding carboxylic acids is 1. The van der Waals surface area contributed by atoms with Crippen LogP contribution in [0.5, 0.6) is 0 Å². The van der Waals surface area contributed by atoms with Crippen LogP contribution in [0, 0.1) is 5.82 Å². The molecule has 0 saturated heterocycles. The third-order valence-electron chi connectivity index (χ3n) is 2.52. The fourth-order valence-corrected chi connectivity index (χ4v) is 2.41. The lowest BCUT2D eigenvalue weighted by atomic mass is 10.2. The quantitative estimate of drug-likeness (QED) is 0.752. The topological polar surface area (TPSA) is 41.1 Å². The Morgan fingerprint density at radius 3 is 2.62 bits per heavy atom. The summed E-state index contributed by atoms with van der Waals surface area (Å²) in [5.41, 5.74) is 0.942. The zero-order chi connectivity index (χ0) is 15.4. The first-order valence-corrected chi connectivity index (χ1v) is 7.37. The Kier molecular flexibility index (Phi) is 5.27. The van der Waals surface area contributed by atoms with Gasteiger partial charge in [-0.05, 0) is 58.5 Å². The molecule has 0 saturated carbocycles. The molecule has 0 aliphatic heterocycles. The highest BCUT2D eigenvalue weighted by Gasteiger charge is 2.11. The minimum Gasteiger partial charge on any atom is -0.332 e. The first-order chi connectivity index (χ1) is 9.97. The van der Waals surface area contributed by atoms with Gasteiger partial charge in [0.25, 0.3) is 5.91 Å². The average Bonchev–Trinajstić information content (AvgIpc) is 2.43. The van der Waals surface area contributed by atoms with Crippen molar-refractivity contribution in [3.8, 4) is 0 Å². The summed E-state index contributed by atoms with van der Waals surface area (Å²) in [5, 5.41) is 5.37. The van der Waals surface area contributed by atoms with Crippen LogP contribution >= 0.6 is 39.7 Å². The summed E-state index contributed by atoms with van der Waals surface area (Å²) >= 11 is 14.0. The van der Waals surface area contributed by atoms with Crippen molar-refractivity contribution in [3.63, 3.8) is 0 Å². The molecule has 0 aliphatic rings. The molecule has 108 valence electrons. The normalized spacial score (nSPS) is 10.0. The summed E-state index contributed by atoms with van der Waals surface area (Å²) in [6.45, 7) is 0. The van der Waals surface area contributed by atoms with E-state index in [0.717, 1.165) is 0 Å². The molecule has 2 N–H and O–H groups in total. The van der Waals surface area contributed by atoms with E-state index in [2.05, 4.69) is 26.6 Å². The Bertz CT molecular complexity index is 711. The van der Waals surface area contributed by atoms with Gasteiger partial charge in [0, 0.05) is 10.2 Å². The van der Waals surface area contributed by atoms with Gasteiger partial charge in [0.15, 0.2) is 5.11 Å². The number of hydrogen-bond donors (Lipinski definition) is 2. The summed E-state index contributed by atoms with van der Waals surface area (Å²) in [5.74, 6) is -0.876. The number of halogens is 3. The van der Waals surface area contributed by atoms with E-state index in [9.17, 15) is 9.18 Å². The van der Waals surface area contributed by atoms with Crippen LogP contribution in [-0.4, -0.2) is 11.0 Å². The second-order valence-electron chi connectivity index (χ2n) is 4.02. The molecule has 0 radical (unpaired) electrons. The van der Waals surface area contributed by atoms with E-state index in [1.54, 1.807) is 24.3 Å². The van der Waals surface area contributed by atoms with E-state index in [1.807, 2.05) is 0 Å². The zero-order valence-corrected chi connectivity index (χ0v) is 13.7. The molecule has 21 heavy (non-hydrogen) atoms. The van der Waals surface area contributed by atoms with Gasteiger partial charge in [-0.15, -0.1) is 0 Å². The van der Waals surface area contributed by atoms with Crippen LogP contribution in [0.25, 0.3) is 0 Å². The minimum atomic E-state index is -0.523. The third-order valence-corrected chi connectivity index (χ3v) is 3.71. The molecule has 0 aliphatic carbocycles. The molecule has 0 aromatic heterocycles. The number of hydrogen-bond acceptors (Lipinski definition) is 2. The first-order valence-electron chi connectivity index (χ1n) is 5.79. The van der Waals surface area contributed by atoms with E-state index < -0.39 is 5.82 Å². The van der Waals surface area contributed by atoms with Crippen LogP contribution in [-0.2, 0) is 0 Å². The molecule has 0 bridgehead atoms. The van der Waals surface area contributed by atoms with Gasteiger partial charge in [-0.2, -0.15) is 0 Å². The van der Waals surface area contributed by atoms with Crippen LogP contribution < -0.4 is 10.6 Å². The maximum Gasteiger partial charge on any atom is 0.258 e. The lowest BCUT2D eigenvalue weighted by Gasteiger charge is -2.10. The van der Waals surface area contributed by atoms with Crippen molar-refractivity contribution in [1.82, 2.24) is 5.32 Å². The Morgan fingerprint density at radius 1 is 1.24 bits per heavy atom. The van der Waals surface area contributed by atoms with Crippen molar-refractivity contribution in [3.05, 3.63) is 63.3 Å². The summed E-state index contributed by atoms with van der Waals surface area (Å²) in [7, 11) is 0. The predicted molar refractivity (Wildman–Crippen MR) is 89.2 cm³/mol. The van der Waals surface area contributed by atoms with Crippen molar-refractivity contribution < 1.29 is 9.18 Å². The Morgan fingerprint density at radius 2 is 1.95 bits per heavy atom. The first kappa shape index (κ1) is 15.9. The Labute approximate surface area is 139 Å². The van der Waals surface area contributed by atoms with Crippen molar-refractivity contribution >= 4 is 56.5 Å². The molecular formula is C14H9BrClFN2OS. The standard InChI is InChI=1S/C14H9BrClFN2OS/c15-10-4-2-1-3-9(10)13(20)19-14(21)18-8-5-6-12(17)11(16)7-8/h1-7H,(H2,18,19,20,21). The highest BCUT2D eigenvalue weighted by Crippen LogP contribution is 2.19. The van der Waals surface area contributed by atoms with Crippen LogP contribution in [0.2, 0.25) is 5.02 Å². The molecule has 0 fully saturated rings. The molecular weight excluding hydrogens is 379 g/mol. The molecule has 2 rings (SSSR count). The maximum atomic E-state index is 13.0. The molecule has 2 aromatic carbocycles.